The number of aromatic nitrogens is 1. The molecule has 0 bridgehead atoms. The maximum Gasteiger partial charge on any atom is 0.253 e. The van der Waals surface area contributed by atoms with E-state index in [2.05, 4.69) is 10.3 Å². The quantitative estimate of drug-likeness (QED) is 0.846. The van der Waals surface area contributed by atoms with E-state index in [1.54, 1.807) is 34.2 Å². The van der Waals surface area contributed by atoms with Gasteiger partial charge in [0.05, 0.1) is 5.92 Å². The first-order valence-corrected chi connectivity index (χ1v) is 10.4. The number of anilines is 2. The molecular formula is C23H26N4O3. The van der Waals surface area contributed by atoms with Crippen molar-refractivity contribution < 1.29 is 14.4 Å². The smallest absolute Gasteiger partial charge is 0.253 e. The van der Waals surface area contributed by atoms with Gasteiger partial charge in [0.25, 0.3) is 5.91 Å². The molecule has 3 amide bonds. The zero-order valence-electron chi connectivity index (χ0n) is 17.1. The molecule has 2 aliphatic heterocycles. The van der Waals surface area contributed by atoms with Crippen molar-refractivity contribution in [1.29, 1.82) is 0 Å². The van der Waals surface area contributed by atoms with E-state index in [-0.39, 0.29) is 23.6 Å². The molecule has 2 aliphatic rings. The summed E-state index contributed by atoms with van der Waals surface area (Å²) in [5.41, 5.74) is 2.34. The molecular weight excluding hydrogens is 380 g/mol. The fourth-order valence-electron chi connectivity index (χ4n) is 4.06. The first kappa shape index (κ1) is 20.1. The molecule has 0 spiro atoms. The lowest BCUT2D eigenvalue weighted by atomic mass is 9.96. The molecule has 3 heterocycles. The molecule has 1 aromatic carbocycles. The minimum Gasteiger partial charge on any atom is -0.338 e. The number of hydrogen-bond acceptors (Lipinski definition) is 4. The van der Waals surface area contributed by atoms with Crippen LogP contribution >= 0.6 is 0 Å². The van der Waals surface area contributed by atoms with Gasteiger partial charge in [-0.05, 0) is 56.0 Å². The molecule has 0 aliphatic carbocycles. The topological polar surface area (TPSA) is 82.6 Å². The predicted molar refractivity (Wildman–Crippen MR) is 114 cm³/mol. The molecule has 2 saturated heterocycles. The third kappa shape index (κ3) is 4.35. The van der Waals surface area contributed by atoms with Crippen molar-refractivity contribution in [1.82, 2.24) is 9.88 Å². The van der Waals surface area contributed by atoms with Gasteiger partial charge in [0.2, 0.25) is 11.8 Å². The zero-order valence-corrected chi connectivity index (χ0v) is 17.1. The first-order valence-electron chi connectivity index (χ1n) is 10.4. The van der Waals surface area contributed by atoms with Crippen LogP contribution < -0.4 is 10.2 Å². The number of amides is 3. The molecule has 156 valence electrons. The van der Waals surface area contributed by atoms with Crippen molar-refractivity contribution in [3.8, 4) is 0 Å². The van der Waals surface area contributed by atoms with E-state index in [1.807, 2.05) is 25.1 Å². The van der Waals surface area contributed by atoms with Crippen LogP contribution in [0, 0.1) is 12.8 Å². The van der Waals surface area contributed by atoms with Gasteiger partial charge >= 0.3 is 0 Å². The van der Waals surface area contributed by atoms with Crippen LogP contribution in [0.25, 0.3) is 0 Å². The van der Waals surface area contributed by atoms with Crippen LogP contribution in [0.15, 0.2) is 42.6 Å². The molecule has 7 heteroatoms. The van der Waals surface area contributed by atoms with E-state index in [0.29, 0.717) is 37.4 Å². The second kappa shape index (κ2) is 8.65. The van der Waals surface area contributed by atoms with Crippen molar-refractivity contribution in [2.24, 2.45) is 5.92 Å². The van der Waals surface area contributed by atoms with Crippen molar-refractivity contribution >= 4 is 29.2 Å². The molecule has 7 nitrogen and oxygen atoms in total. The number of piperidine rings is 1. The summed E-state index contributed by atoms with van der Waals surface area (Å²) in [6.45, 7) is 3.63. The maximum atomic E-state index is 13.1. The number of aryl methyl sites for hydroxylation is 1. The van der Waals surface area contributed by atoms with Crippen LogP contribution in [-0.2, 0) is 9.59 Å². The van der Waals surface area contributed by atoms with Crippen LogP contribution in [0.5, 0.6) is 0 Å². The summed E-state index contributed by atoms with van der Waals surface area (Å²) in [5, 5.41) is 2.86. The molecule has 2 fully saturated rings. The van der Waals surface area contributed by atoms with E-state index in [4.69, 9.17) is 0 Å². The Morgan fingerprint density at radius 2 is 2.00 bits per heavy atom. The Morgan fingerprint density at radius 3 is 2.73 bits per heavy atom. The largest absolute Gasteiger partial charge is 0.338 e. The fraction of sp³-hybridized carbons (Fsp3) is 0.391. The van der Waals surface area contributed by atoms with Gasteiger partial charge in [0.15, 0.2) is 0 Å². The van der Waals surface area contributed by atoms with Crippen LogP contribution in [0.2, 0.25) is 0 Å². The average molecular weight is 406 g/mol. The van der Waals surface area contributed by atoms with E-state index >= 15 is 0 Å². The van der Waals surface area contributed by atoms with Gasteiger partial charge in [0.1, 0.15) is 5.82 Å². The van der Waals surface area contributed by atoms with Gasteiger partial charge in [0, 0.05) is 43.5 Å². The monoisotopic (exact) mass is 406 g/mol. The van der Waals surface area contributed by atoms with Crippen LogP contribution in [-0.4, -0.2) is 47.2 Å². The molecule has 1 aromatic heterocycles. The number of carbonyl (C=O) groups excluding carboxylic acids is 3. The number of hydrogen-bond donors (Lipinski definition) is 1. The average Bonchev–Trinajstić information content (AvgIpc) is 3.21. The second-order valence-corrected chi connectivity index (χ2v) is 8.00. The lowest BCUT2D eigenvalue weighted by Gasteiger charge is -2.32. The van der Waals surface area contributed by atoms with Gasteiger partial charge in [-0.1, -0.05) is 12.1 Å². The maximum absolute atomic E-state index is 13.1. The third-order valence-corrected chi connectivity index (χ3v) is 5.72. The summed E-state index contributed by atoms with van der Waals surface area (Å²) in [5.74, 6) is 0.139. The summed E-state index contributed by atoms with van der Waals surface area (Å²) >= 11 is 0. The molecule has 30 heavy (non-hydrogen) atoms. The Balaban J connectivity index is 1.42. The summed E-state index contributed by atoms with van der Waals surface area (Å²) in [4.78, 5) is 45.5. The Morgan fingerprint density at radius 1 is 1.13 bits per heavy atom. The summed E-state index contributed by atoms with van der Waals surface area (Å²) in [7, 11) is 0. The van der Waals surface area contributed by atoms with Gasteiger partial charge in [-0.3, -0.25) is 14.4 Å². The Kier molecular flexibility index (Phi) is 5.79. The van der Waals surface area contributed by atoms with E-state index in [0.717, 1.165) is 30.5 Å². The van der Waals surface area contributed by atoms with Crippen LogP contribution in [0.3, 0.4) is 0 Å². The Hall–Kier alpha value is -3.22. The second-order valence-electron chi connectivity index (χ2n) is 8.00. The SMILES string of the molecule is Cc1ccc(NC(=O)C2CCCN(C(=O)c3cccc(N4CCCC4=O)c3)C2)nc1. The normalized spacial score (nSPS) is 19.1. The van der Waals surface area contributed by atoms with Gasteiger partial charge < -0.3 is 15.1 Å². The molecule has 4 rings (SSSR count). The number of nitrogens with one attached hydrogen (secondary N) is 1. The van der Waals surface area contributed by atoms with Crippen LogP contribution in [0.4, 0.5) is 11.5 Å². The van der Waals surface area contributed by atoms with E-state index in [9.17, 15) is 14.4 Å². The highest BCUT2D eigenvalue weighted by atomic mass is 16.2. The van der Waals surface area contributed by atoms with E-state index < -0.39 is 0 Å². The summed E-state index contributed by atoms with van der Waals surface area (Å²) in [6.07, 6.45) is 4.62. The number of pyridine rings is 1. The third-order valence-electron chi connectivity index (χ3n) is 5.72. The van der Waals surface area contributed by atoms with Gasteiger partial charge in [-0.25, -0.2) is 4.98 Å². The molecule has 1 unspecified atom stereocenters. The molecule has 0 saturated carbocycles. The number of carbonyl (C=O) groups is 3. The highest BCUT2D eigenvalue weighted by Gasteiger charge is 2.30. The number of nitrogens with zero attached hydrogens (tertiary/aromatic N) is 3. The fourth-order valence-corrected chi connectivity index (χ4v) is 4.06. The molecule has 1 N–H and O–H groups in total. The number of benzene rings is 1. The van der Waals surface area contributed by atoms with Gasteiger partial charge in [-0.15, -0.1) is 0 Å². The van der Waals surface area contributed by atoms with Crippen molar-refractivity contribution in [3.63, 3.8) is 0 Å². The zero-order chi connectivity index (χ0) is 21.1. The molecule has 0 radical (unpaired) electrons. The number of likely N-dealkylation sites (tertiary alicyclic amines) is 1. The Labute approximate surface area is 176 Å². The minimum absolute atomic E-state index is 0.0963. The minimum atomic E-state index is -0.269. The Bertz CT molecular complexity index is 957. The van der Waals surface area contributed by atoms with Gasteiger partial charge in [-0.2, -0.15) is 0 Å². The standard InChI is InChI=1S/C23H26N4O3/c1-16-9-10-20(24-14-16)25-22(29)18-6-3-11-26(15-18)23(30)17-5-2-7-19(13-17)27-12-4-8-21(27)28/h2,5,7,9-10,13-14,18H,3-4,6,8,11-12,15H2,1H3,(H,24,25,29). The van der Waals surface area contributed by atoms with Crippen LogP contribution in [0.1, 0.15) is 41.6 Å². The number of rotatable bonds is 4. The lowest BCUT2D eigenvalue weighted by Crippen LogP contribution is -2.43. The summed E-state index contributed by atoms with van der Waals surface area (Å²) in [6, 6.07) is 10.9. The van der Waals surface area contributed by atoms with Crippen molar-refractivity contribution in [2.75, 3.05) is 29.9 Å². The van der Waals surface area contributed by atoms with Crippen molar-refractivity contribution in [3.05, 3.63) is 53.7 Å². The predicted octanol–water partition coefficient (Wildman–Crippen LogP) is 3.01. The summed E-state index contributed by atoms with van der Waals surface area (Å²) < 4.78 is 0. The highest BCUT2D eigenvalue weighted by molar-refractivity contribution is 5.99. The lowest BCUT2D eigenvalue weighted by molar-refractivity contribution is -0.121. The highest BCUT2D eigenvalue weighted by Crippen LogP contribution is 2.25. The molecule has 2 aromatic rings. The van der Waals surface area contributed by atoms with Crippen molar-refractivity contribution in [2.45, 2.75) is 32.6 Å². The molecule has 1 atom stereocenters. The first-order chi connectivity index (χ1) is 14.5. The van der Waals surface area contributed by atoms with E-state index in [1.165, 1.54) is 0 Å².